The molecule has 3 nitrogen and oxygen atoms in total. The van der Waals surface area contributed by atoms with Gasteiger partial charge in [0, 0.05) is 11.3 Å². The number of hydrogen-bond acceptors (Lipinski definition) is 3. The molecule has 2 aliphatic carbocycles. The van der Waals surface area contributed by atoms with Crippen LogP contribution in [0.3, 0.4) is 0 Å². The van der Waals surface area contributed by atoms with Crippen molar-refractivity contribution in [3.8, 4) is 0 Å². The number of fused-ring (bicyclic) bond motifs is 1. The number of hydrogen-bond donors (Lipinski definition) is 0. The predicted molar refractivity (Wildman–Crippen MR) is 65.9 cm³/mol. The Morgan fingerprint density at radius 1 is 1.22 bits per heavy atom. The smallest absolute Gasteiger partial charge is 0.309 e. The minimum Gasteiger partial charge on any atom is -0.459 e. The Labute approximate surface area is 108 Å². The molecule has 4 fully saturated rings. The summed E-state index contributed by atoms with van der Waals surface area (Å²) >= 11 is 0. The molecule has 6 atom stereocenters. The van der Waals surface area contributed by atoms with Crippen LogP contribution in [0.2, 0.25) is 0 Å². The van der Waals surface area contributed by atoms with Gasteiger partial charge in [-0.1, -0.05) is 13.8 Å². The molecule has 2 aliphatic heterocycles. The van der Waals surface area contributed by atoms with Gasteiger partial charge in [-0.05, 0) is 39.0 Å². The second-order valence-corrected chi connectivity index (χ2v) is 7.33. The summed E-state index contributed by atoms with van der Waals surface area (Å²) in [4.78, 5) is 11.9. The van der Waals surface area contributed by atoms with Gasteiger partial charge in [0.2, 0.25) is 0 Å². The topological polar surface area (TPSA) is 38.8 Å². The molecule has 0 unspecified atom stereocenters. The number of esters is 1. The van der Waals surface area contributed by atoms with E-state index < -0.39 is 0 Å². The van der Waals surface area contributed by atoms with Crippen LogP contribution in [-0.4, -0.2) is 23.3 Å². The van der Waals surface area contributed by atoms with E-state index in [9.17, 15) is 4.79 Å². The predicted octanol–water partition coefficient (Wildman–Crippen LogP) is 2.68. The van der Waals surface area contributed by atoms with Crippen molar-refractivity contribution in [2.24, 2.45) is 17.3 Å². The highest BCUT2D eigenvalue weighted by Crippen LogP contribution is 2.73. The zero-order chi connectivity index (χ0) is 12.8. The average Bonchev–Trinajstić information content (AvgIpc) is 2.85. The molecular weight excluding hydrogens is 228 g/mol. The van der Waals surface area contributed by atoms with Crippen LogP contribution < -0.4 is 0 Å². The number of carbonyl (C=O) groups excluding carboxylic acids is 1. The summed E-state index contributed by atoms with van der Waals surface area (Å²) < 4.78 is 12.1. The van der Waals surface area contributed by atoms with Crippen LogP contribution in [0, 0.1) is 17.3 Å². The second kappa shape index (κ2) is 2.95. The minimum absolute atomic E-state index is 0.00736. The molecule has 1 spiro atoms. The van der Waals surface area contributed by atoms with E-state index in [0.717, 1.165) is 12.8 Å². The lowest BCUT2D eigenvalue weighted by Gasteiger charge is -2.49. The lowest BCUT2D eigenvalue weighted by atomic mass is 9.53. The van der Waals surface area contributed by atoms with E-state index in [4.69, 9.17) is 9.47 Å². The van der Waals surface area contributed by atoms with Crippen molar-refractivity contribution in [1.82, 2.24) is 0 Å². The van der Waals surface area contributed by atoms with Gasteiger partial charge in [-0.2, -0.15) is 0 Å². The van der Waals surface area contributed by atoms with E-state index in [1.54, 1.807) is 0 Å². The van der Waals surface area contributed by atoms with Gasteiger partial charge in [-0.3, -0.25) is 4.79 Å². The number of ether oxygens (including phenoxy) is 2. The molecule has 2 heterocycles. The Balaban J connectivity index is 1.80. The Hall–Kier alpha value is -0.570. The zero-order valence-corrected chi connectivity index (χ0v) is 11.5. The van der Waals surface area contributed by atoms with Gasteiger partial charge in [0.05, 0.1) is 11.5 Å². The fourth-order valence-electron chi connectivity index (χ4n) is 5.37. The first-order valence-electron chi connectivity index (χ1n) is 7.34. The third-order valence-corrected chi connectivity index (χ3v) is 6.49. The average molecular weight is 250 g/mol. The van der Waals surface area contributed by atoms with E-state index in [-0.39, 0.29) is 34.6 Å². The molecule has 0 aromatic carbocycles. The first kappa shape index (κ1) is 11.3. The van der Waals surface area contributed by atoms with Gasteiger partial charge >= 0.3 is 5.97 Å². The van der Waals surface area contributed by atoms with Crippen molar-refractivity contribution < 1.29 is 14.3 Å². The van der Waals surface area contributed by atoms with E-state index >= 15 is 0 Å². The maximum absolute atomic E-state index is 11.9. The maximum Gasteiger partial charge on any atom is 0.309 e. The molecule has 0 amide bonds. The fourth-order valence-corrected chi connectivity index (χ4v) is 5.37. The minimum atomic E-state index is -0.165. The molecule has 4 aliphatic rings. The van der Waals surface area contributed by atoms with Gasteiger partial charge in [-0.25, -0.2) is 0 Å². The van der Waals surface area contributed by atoms with Crippen molar-refractivity contribution in [2.75, 3.05) is 0 Å². The first-order chi connectivity index (χ1) is 8.44. The lowest BCUT2D eigenvalue weighted by molar-refractivity contribution is -0.151. The number of rotatable bonds is 0. The molecule has 0 aromatic heterocycles. The Morgan fingerprint density at radius 2 is 2.00 bits per heavy atom. The second-order valence-electron chi connectivity index (χ2n) is 7.33. The van der Waals surface area contributed by atoms with E-state index in [0.29, 0.717) is 5.92 Å². The molecular formula is C15H22O3. The summed E-state index contributed by atoms with van der Waals surface area (Å²) in [6, 6.07) is 0. The monoisotopic (exact) mass is 250 g/mol. The largest absolute Gasteiger partial charge is 0.459 e. The maximum atomic E-state index is 11.9. The van der Waals surface area contributed by atoms with Crippen molar-refractivity contribution in [1.29, 1.82) is 0 Å². The molecule has 2 saturated heterocycles. The molecule has 18 heavy (non-hydrogen) atoms. The van der Waals surface area contributed by atoms with E-state index in [2.05, 4.69) is 13.8 Å². The SMILES string of the molecule is C[C@@H]1C(=O)O[C@@H]2[C@H]1CC[C@@]1(C)CCC[C@@]3(C)O[C@@]213. The van der Waals surface area contributed by atoms with Crippen LogP contribution in [-0.2, 0) is 14.3 Å². The van der Waals surface area contributed by atoms with Gasteiger partial charge in [0.1, 0.15) is 11.7 Å². The summed E-state index contributed by atoms with van der Waals surface area (Å²) in [7, 11) is 0. The normalized spacial score (nSPS) is 61.5. The van der Waals surface area contributed by atoms with E-state index in [1.165, 1.54) is 19.3 Å². The van der Waals surface area contributed by atoms with Crippen molar-refractivity contribution >= 4 is 5.97 Å². The quantitative estimate of drug-likeness (QED) is 0.490. The molecule has 0 aromatic rings. The van der Waals surface area contributed by atoms with Crippen LogP contribution in [0.5, 0.6) is 0 Å². The molecule has 100 valence electrons. The van der Waals surface area contributed by atoms with Gasteiger partial charge in [0.15, 0.2) is 0 Å². The Kier molecular flexibility index (Phi) is 1.85. The van der Waals surface area contributed by atoms with Crippen LogP contribution >= 0.6 is 0 Å². The Bertz CT molecular complexity index is 433. The summed E-state index contributed by atoms with van der Waals surface area (Å²) in [5.74, 6) is 0.432. The third-order valence-electron chi connectivity index (χ3n) is 6.49. The Morgan fingerprint density at radius 3 is 2.78 bits per heavy atom. The molecule has 0 radical (unpaired) electrons. The zero-order valence-electron chi connectivity index (χ0n) is 11.5. The van der Waals surface area contributed by atoms with Crippen LogP contribution in [0.25, 0.3) is 0 Å². The fraction of sp³-hybridized carbons (Fsp3) is 0.933. The van der Waals surface area contributed by atoms with Crippen LogP contribution in [0.4, 0.5) is 0 Å². The molecule has 2 saturated carbocycles. The number of carbonyl (C=O) groups is 1. The lowest BCUT2D eigenvalue weighted by Crippen LogP contribution is -2.57. The first-order valence-corrected chi connectivity index (χ1v) is 7.34. The van der Waals surface area contributed by atoms with Gasteiger partial charge in [-0.15, -0.1) is 0 Å². The van der Waals surface area contributed by atoms with Crippen molar-refractivity contribution in [3.63, 3.8) is 0 Å². The summed E-state index contributed by atoms with van der Waals surface area (Å²) in [5.41, 5.74) is 0.0147. The van der Waals surface area contributed by atoms with Crippen LogP contribution in [0.15, 0.2) is 0 Å². The molecule has 0 bridgehead atoms. The molecule has 0 N–H and O–H groups in total. The molecule has 3 heteroatoms. The van der Waals surface area contributed by atoms with Gasteiger partial charge in [0.25, 0.3) is 0 Å². The standard InChI is InChI=1S/C15H22O3/c1-9-10-5-8-13(2)6-4-7-14(3)15(13,18-14)11(10)17-12(9)16/h9-11H,4-8H2,1-3H3/t9-,10-,11+,13+,14+,15-/m0/s1. The summed E-state index contributed by atoms with van der Waals surface area (Å²) in [5, 5.41) is 0. The van der Waals surface area contributed by atoms with Crippen molar-refractivity contribution in [2.45, 2.75) is 70.2 Å². The van der Waals surface area contributed by atoms with E-state index in [1.807, 2.05) is 6.92 Å². The number of epoxide rings is 1. The van der Waals surface area contributed by atoms with Gasteiger partial charge < -0.3 is 9.47 Å². The third kappa shape index (κ3) is 0.974. The van der Waals surface area contributed by atoms with Crippen LogP contribution in [0.1, 0.15) is 52.9 Å². The summed E-state index contributed by atoms with van der Waals surface area (Å²) in [6.07, 6.45) is 5.91. The highest BCUT2D eigenvalue weighted by Gasteiger charge is 2.83. The van der Waals surface area contributed by atoms with Crippen molar-refractivity contribution in [3.05, 3.63) is 0 Å². The molecule has 4 rings (SSSR count). The highest BCUT2D eigenvalue weighted by molar-refractivity contribution is 5.75. The summed E-state index contributed by atoms with van der Waals surface area (Å²) in [6.45, 7) is 6.60. The highest BCUT2D eigenvalue weighted by atomic mass is 16.7.